The van der Waals surface area contributed by atoms with E-state index in [2.05, 4.69) is 0 Å². The van der Waals surface area contributed by atoms with Crippen LogP contribution in [0.2, 0.25) is 0 Å². The fourth-order valence-corrected chi connectivity index (χ4v) is 3.11. The first kappa shape index (κ1) is 17.1. The van der Waals surface area contributed by atoms with Crippen LogP contribution >= 0.6 is 0 Å². The van der Waals surface area contributed by atoms with Gasteiger partial charge in [-0.05, 0) is 38.0 Å². The van der Waals surface area contributed by atoms with E-state index >= 15 is 0 Å². The Morgan fingerprint density at radius 1 is 1.08 bits per heavy atom. The molecule has 2 heterocycles. The highest BCUT2D eigenvalue weighted by Gasteiger charge is 2.31. The molecule has 2 aliphatic rings. The summed E-state index contributed by atoms with van der Waals surface area (Å²) in [6.45, 7) is 2.93. The van der Waals surface area contributed by atoms with Gasteiger partial charge in [0.1, 0.15) is 0 Å². The smallest absolute Gasteiger partial charge is 0.338 e. The van der Waals surface area contributed by atoms with E-state index in [-0.39, 0.29) is 36.1 Å². The second kappa shape index (κ2) is 7.04. The van der Waals surface area contributed by atoms with Crippen molar-refractivity contribution in [3.8, 4) is 0 Å². The number of nitrogens with zero attached hydrogens (tertiary/aromatic N) is 2. The molecule has 2 aliphatic heterocycles. The molecule has 2 saturated heterocycles. The highest BCUT2D eigenvalue weighted by molar-refractivity contribution is 6.20. The van der Waals surface area contributed by atoms with Crippen molar-refractivity contribution < 1.29 is 23.9 Å². The van der Waals surface area contributed by atoms with Crippen LogP contribution in [-0.4, -0.2) is 47.8 Å². The Labute approximate surface area is 145 Å². The molecule has 1 aromatic carbocycles. The third-order valence-electron chi connectivity index (χ3n) is 4.44. The first-order chi connectivity index (χ1) is 12.0. The molecule has 25 heavy (non-hydrogen) atoms. The second-order valence-electron chi connectivity index (χ2n) is 6.25. The van der Waals surface area contributed by atoms with Gasteiger partial charge >= 0.3 is 5.97 Å². The van der Waals surface area contributed by atoms with Crippen LogP contribution in [0.15, 0.2) is 24.3 Å². The number of ether oxygens (including phenoxy) is 1. The van der Waals surface area contributed by atoms with Crippen LogP contribution in [0.4, 0.5) is 5.69 Å². The summed E-state index contributed by atoms with van der Waals surface area (Å²) in [5, 5.41) is 0. The number of likely N-dealkylation sites (tertiary alicyclic amines) is 1. The van der Waals surface area contributed by atoms with Crippen molar-refractivity contribution in [3.63, 3.8) is 0 Å². The van der Waals surface area contributed by atoms with Gasteiger partial charge in [-0.2, -0.15) is 0 Å². The van der Waals surface area contributed by atoms with Gasteiger partial charge in [-0.1, -0.05) is 6.07 Å². The van der Waals surface area contributed by atoms with Crippen LogP contribution in [0.25, 0.3) is 0 Å². The SMILES string of the molecule is C[C@H](OC(=O)c1cccc(N2C(=O)CCC2=O)c1)C(=O)N1CCCC1. The van der Waals surface area contributed by atoms with Crippen molar-refractivity contribution in [2.24, 2.45) is 0 Å². The molecule has 2 fully saturated rings. The summed E-state index contributed by atoms with van der Waals surface area (Å²) in [4.78, 5) is 51.0. The number of rotatable bonds is 4. The molecule has 0 unspecified atom stereocenters. The lowest BCUT2D eigenvalue weighted by Crippen LogP contribution is -2.38. The van der Waals surface area contributed by atoms with E-state index in [9.17, 15) is 19.2 Å². The number of carbonyl (C=O) groups excluding carboxylic acids is 4. The molecule has 1 aromatic rings. The molecule has 0 saturated carbocycles. The molecule has 3 amide bonds. The summed E-state index contributed by atoms with van der Waals surface area (Å²) in [7, 11) is 0. The largest absolute Gasteiger partial charge is 0.449 e. The average Bonchev–Trinajstić information content (AvgIpc) is 3.24. The standard InChI is InChI=1S/C18H20N2O5/c1-12(17(23)19-9-2-3-10-19)25-18(24)13-5-4-6-14(11-13)20-15(21)7-8-16(20)22/h4-6,11-12H,2-3,7-10H2,1H3/t12-/m0/s1. The third-order valence-corrected chi connectivity index (χ3v) is 4.44. The molecule has 0 aliphatic carbocycles. The van der Waals surface area contributed by atoms with E-state index in [1.165, 1.54) is 12.1 Å². The second-order valence-corrected chi connectivity index (χ2v) is 6.25. The minimum Gasteiger partial charge on any atom is -0.449 e. The van der Waals surface area contributed by atoms with Crippen molar-refractivity contribution in [2.75, 3.05) is 18.0 Å². The van der Waals surface area contributed by atoms with Crippen LogP contribution < -0.4 is 4.90 Å². The molecule has 7 heteroatoms. The van der Waals surface area contributed by atoms with Crippen LogP contribution in [-0.2, 0) is 19.1 Å². The van der Waals surface area contributed by atoms with Crippen molar-refractivity contribution in [1.29, 1.82) is 0 Å². The fourth-order valence-electron chi connectivity index (χ4n) is 3.11. The quantitative estimate of drug-likeness (QED) is 0.611. The van der Waals surface area contributed by atoms with Crippen molar-refractivity contribution in [2.45, 2.75) is 38.7 Å². The van der Waals surface area contributed by atoms with Gasteiger partial charge < -0.3 is 9.64 Å². The molecule has 0 spiro atoms. The molecule has 7 nitrogen and oxygen atoms in total. The fraction of sp³-hybridized carbons (Fsp3) is 0.444. The minimum absolute atomic E-state index is 0.175. The number of benzene rings is 1. The Morgan fingerprint density at radius 2 is 1.72 bits per heavy atom. The predicted molar refractivity (Wildman–Crippen MR) is 88.9 cm³/mol. The average molecular weight is 344 g/mol. The lowest BCUT2D eigenvalue weighted by Gasteiger charge is -2.20. The number of anilines is 1. The lowest BCUT2D eigenvalue weighted by atomic mass is 10.2. The first-order valence-electron chi connectivity index (χ1n) is 8.43. The molecule has 132 valence electrons. The maximum atomic E-state index is 12.3. The van der Waals surface area contributed by atoms with Crippen LogP contribution in [0.3, 0.4) is 0 Å². The minimum atomic E-state index is -0.871. The van der Waals surface area contributed by atoms with Crippen molar-refractivity contribution in [1.82, 2.24) is 4.90 Å². The third kappa shape index (κ3) is 3.55. The molecule has 0 aromatic heterocycles. The summed E-state index contributed by atoms with van der Waals surface area (Å²) < 4.78 is 5.26. The zero-order chi connectivity index (χ0) is 18.0. The molecular formula is C18H20N2O5. The Bertz CT molecular complexity index is 708. The van der Waals surface area contributed by atoms with E-state index in [1.807, 2.05) is 0 Å². The molecule has 0 bridgehead atoms. The van der Waals surface area contributed by atoms with Gasteiger partial charge in [-0.3, -0.25) is 19.3 Å². The molecular weight excluding hydrogens is 324 g/mol. The monoisotopic (exact) mass is 344 g/mol. The Balaban J connectivity index is 1.70. The Kier molecular flexibility index (Phi) is 4.83. The topological polar surface area (TPSA) is 84.0 Å². The van der Waals surface area contributed by atoms with Gasteiger partial charge in [-0.25, -0.2) is 4.79 Å². The molecule has 1 atom stereocenters. The van der Waals surface area contributed by atoms with Crippen LogP contribution in [0.1, 0.15) is 43.0 Å². The van der Waals surface area contributed by atoms with Gasteiger partial charge in [-0.15, -0.1) is 0 Å². The number of carbonyl (C=O) groups is 4. The van der Waals surface area contributed by atoms with Crippen LogP contribution in [0.5, 0.6) is 0 Å². The highest BCUT2D eigenvalue weighted by atomic mass is 16.5. The normalized spacial score (nSPS) is 18.6. The summed E-state index contributed by atoms with van der Waals surface area (Å²) >= 11 is 0. The van der Waals surface area contributed by atoms with Gasteiger partial charge in [0.05, 0.1) is 11.3 Å². The summed E-state index contributed by atoms with van der Waals surface area (Å²) in [6, 6.07) is 6.15. The number of imide groups is 1. The molecule has 0 radical (unpaired) electrons. The zero-order valence-corrected chi connectivity index (χ0v) is 14.1. The number of esters is 1. The Morgan fingerprint density at radius 3 is 2.36 bits per heavy atom. The highest BCUT2D eigenvalue weighted by Crippen LogP contribution is 2.24. The van der Waals surface area contributed by atoms with E-state index in [0.717, 1.165) is 17.7 Å². The first-order valence-corrected chi connectivity index (χ1v) is 8.43. The van der Waals surface area contributed by atoms with E-state index in [1.54, 1.807) is 24.0 Å². The predicted octanol–water partition coefficient (Wildman–Crippen LogP) is 1.51. The van der Waals surface area contributed by atoms with E-state index in [4.69, 9.17) is 4.74 Å². The van der Waals surface area contributed by atoms with E-state index < -0.39 is 12.1 Å². The van der Waals surface area contributed by atoms with E-state index in [0.29, 0.717) is 18.8 Å². The summed E-state index contributed by atoms with van der Waals surface area (Å²) in [5.74, 6) is -1.42. The number of hydrogen-bond donors (Lipinski definition) is 0. The maximum Gasteiger partial charge on any atom is 0.338 e. The molecule has 0 N–H and O–H groups in total. The van der Waals surface area contributed by atoms with Crippen molar-refractivity contribution in [3.05, 3.63) is 29.8 Å². The lowest BCUT2D eigenvalue weighted by molar-refractivity contribution is -0.138. The zero-order valence-electron chi connectivity index (χ0n) is 14.1. The van der Waals surface area contributed by atoms with Crippen LogP contribution in [0, 0.1) is 0 Å². The maximum absolute atomic E-state index is 12.3. The number of hydrogen-bond acceptors (Lipinski definition) is 5. The van der Waals surface area contributed by atoms with Gasteiger partial charge in [0, 0.05) is 25.9 Å². The van der Waals surface area contributed by atoms with Gasteiger partial charge in [0.25, 0.3) is 5.91 Å². The van der Waals surface area contributed by atoms with Gasteiger partial charge in [0.15, 0.2) is 6.10 Å². The number of amides is 3. The molecule has 3 rings (SSSR count). The van der Waals surface area contributed by atoms with Crippen molar-refractivity contribution >= 4 is 29.4 Å². The van der Waals surface area contributed by atoms with Gasteiger partial charge in [0.2, 0.25) is 11.8 Å². The summed E-state index contributed by atoms with van der Waals surface area (Å²) in [5.41, 5.74) is 0.548. The Hall–Kier alpha value is -2.70. The summed E-state index contributed by atoms with van der Waals surface area (Å²) in [6.07, 6.45) is 1.41.